The Morgan fingerprint density at radius 1 is 1.14 bits per heavy atom. The van der Waals surface area contributed by atoms with Crippen LogP contribution in [-0.4, -0.2) is 44.1 Å². The molecule has 0 amide bonds. The molecule has 0 unspecified atom stereocenters. The van der Waals surface area contributed by atoms with Crippen molar-refractivity contribution >= 4 is 10.2 Å². The number of nitrogens with zero attached hydrogens (tertiary/aromatic N) is 1. The summed E-state index contributed by atoms with van der Waals surface area (Å²) in [4.78, 5) is 0. The average Bonchev–Trinajstić information content (AvgIpc) is 2.70. The van der Waals surface area contributed by atoms with Gasteiger partial charge in [0.2, 0.25) is 0 Å². The zero-order valence-corrected chi connectivity index (χ0v) is 15.2. The second kappa shape index (κ2) is 5.16. The number of hydrogen-bond acceptors (Lipinski definition) is 3. The van der Waals surface area contributed by atoms with Crippen LogP contribution in [0.25, 0.3) is 0 Å². The van der Waals surface area contributed by atoms with Crippen LogP contribution in [0.5, 0.6) is 0 Å². The summed E-state index contributed by atoms with van der Waals surface area (Å²) in [5, 5.41) is 0. The molecule has 128 valence electrons. The predicted octanol–water partition coefficient (Wildman–Crippen LogP) is 2.14. The Morgan fingerprint density at radius 3 is 2.18 bits per heavy atom. The smallest absolute Gasteiger partial charge is 0.279 e. The molecule has 1 heterocycles. The van der Waals surface area contributed by atoms with Gasteiger partial charge in [0, 0.05) is 19.1 Å². The third-order valence-corrected chi connectivity index (χ3v) is 8.37. The Hall–Kier alpha value is -0.170. The highest BCUT2D eigenvalue weighted by atomic mass is 32.2. The van der Waals surface area contributed by atoms with E-state index in [2.05, 4.69) is 25.5 Å². The fourth-order valence-corrected chi connectivity index (χ4v) is 6.64. The average molecular weight is 330 g/mol. The third-order valence-electron chi connectivity index (χ3n) is 6.81. The predicted molar refractivity (Wildman–Crippen MR) is 86.7 cm³/mol. The summed E-state index contributed by atoms with van der Waals surface area (Å²) in [6.45, 7) is 11.6. The first-order valence-corrected chi connectivity index (χ1v) is 9.93. The minimum Gasteiger partial charge on any atom is -0.373 e. The third kappa shape index (κ3) is 2.43. The summed E-state index contributed by atoms with van der Waals surface area (Å²) in [6, 6.07) is 0.0553. The molecule has 0 aromatic heterocycles. The Balaban J connectivity index is 1.76. The zero-order chi connectivity index (χ0) is 16.3. The molecule has 1 aliphatic heterocycles. The Labute approximate surface area is 135 Å². The highest BCUT2D eigenvalue weighted by Crippen LogP contribution is 2.65. The van der Waals surface area contributed by atoms with Crippen molar-refractivity contribution in [2.24, 2.45) is 16.7 Å². The lowest BCUT2D eigenvalue weighted by atomic mass is 9.69. The van der Waals surface area contributed by atoms with Crippen LogP contribution in [0.2, 0.25) is 0 Å². The molecule has 5 nitrogen and oxygen atoms in total. The van der Waals surface area contributed by atoms with E-state index in [0.29, 0.717) is 19.0 Å². The van der Waals surface area contributed by atoms with Crippen molar-refractivity contribution in [2.75, 3.05) is 13.1 Å². The minimum atomic E-state index is -3.44. The first-order chi connectivity index (χ1) is 10.1. The standard InChI is InChI=1S/C16H30N2O3S/c1-11-9-18(10-12(2)21-11)22(19,20)17-14-8-13-6-7-16(14,5)15(13,3)4/h11-14,17H,6-10H2,1-5H3/t11-,12-,13-,14+,16-/m1/s1. The highest BCUT2D eigenvalue weighted by Gasteiger charge is 2.62. The van der Waals surface area contributed by atoms with Gasteiger partial charge < -0.3 is 4.74 Å². The largest absolute Gasteiger partial charge is 0.373 e. The molecule has 0 aromatic rings. The van der Waals surface area contributed by atoms with E-state index < -0.39 is 10.2 Å². The van der Waals surface area contributed by atoms with Crippen LogP contribution >= 0.6 is 0 Å². The summed E-state index contributed by atoms with van der Waals surface area (Å²) in [5.41, 5.74) is 0.278. The fraction of sp³-hybridized carbons (Fsp3) is 1.00. The monoisotopic (exact) mass is 330 g/mol. The number of nitrogens with one attached hydrogen (secondary N) is 1. The van der Waals surface area contributed by atoms with Gasteiger partial charge in [0.25, 0.3) is 10.2 Å². The maximum atomic E-state index is 12.8. The van der Waals surface area contributed by atoms with Gasteiger partial charge in [0.05, 0.1) is 12.2 Å². The Kier molecular flexibility index (Phi) is 3.91. The topological polar surface area (TPSA) is 58.6 Å². The summed E-state index contributed by atoms with van der Waals surface area (Å²) >= 11 is 0. The van der Waals surface area contributed by atoms with E-state index in [4.69, 9.17) is 4.74 Å². The molecule has 1 N–H and O–H groups in total. The molecule has 3 rings (SSSR count). The maximum Gasteiger partial charge on any atom is 0.279 e. The van der Waals surface area contributed by atoms with Crippen LogP contribution in [-0.2, 0) is 14.9 Å². The van der Waals surface area contributed by atoms with Gasteiger partial charge in [-0.1, -0.05) is 20.8 Å². The van der Waals surface area contributed by atoms with Gasteiger partial charge in [-0.15, -0.1) is 0 Å². The van der Waals surface area contributed by atoms with Crippen molar-refractivity contribution in [3.8, 4) is 0 Å². The minimum absolute atomic E-state index is 0.0487. The maximum absolute atomic E-state index is 12.8. The van der Waals surface area contributed by atoms with Gasteiger partial charge in [-0.2, -0.15) is 17.4 Å². The molecule has 2 saturated carbocycles. The molecule has 0 radical (unpaired) electrons. The molecule has 0 spiro atoms. The summed E-state index contributed by atoms with van der Waals surface area (Å²) in [7, 11) is -3.44. The Bertz CT molecular complexity index is 538. The first kappa shape index (κ1) is 16.7. The molecule has 5 atom stereocenters. The van der Waals surface area contributed by atoms with E-state index >= 15 is 0 Å². The van der Waals surface area contributed by atoms with Crippen molar-refractivity contribution < 1.29 is 13.2 Å². The van der Waals surface area contributed by atoms with Crippen LogP contribution in [0.15, 0.2) is 0 Å². The molecular weight excluding hydrogens is 300 g/mol. The second-order valence-electron chi connectivity index (χ2n) is 8.36. The van der Waals surface area contributed by atoms with Gasteiger partial charge in [-0.05, 0) is 49.9 Å². The molecule has 22 heavy (non-hydrogen) atoms. The second-order valence-corrected chi connectivity index (χ2v) is 10.1. The number of morpholine rings is 1. The number of fused-ring (bicyclic) bond motifs is 2. The molecule has 0 aromatic carbocycles. The van der Waals surface area contributed by atoms with Gasteiger partial charge >= 0.3 is 0 Å². The summed E-state index contributed by atoms with van der Waals surface area (Å²) in [6.07, 6.45) is 3.22. The van der Waals surface area contributed by atoms with Gasteiger partial charge in [0.15, 0.2) is 0 Å². The first-order valence-electron chi connectivity index (χ1n) is 8.49. The van der Waals surface area contributed by atoms with Crippen LogP contribution < -0.4 is 4.72 Å². The van der Waals surface area contributed by atoms with E-state index in [1.165, 1.54) is 6.42 Å². The van der Waals surface area contributed by atoms with Crippen molar-refractivity contribution in [1.29, 1.82) is 0 Å². The van der Waals surface area contributed by atoms with E-state index in [1.54, 1.807) is 4.31 Å². The molecule has 6 heteroatoms. The van der Waals surface area contributed by atoms with Crippen molar-refractivity contribution in [3.63, 3.8) is 0 Å². The lowest BCUT2D eigenvalue weighted by molar-refractivity contribution is -0.0446. The molecule has 3 aliphatic rings. The normalized spacial score (nSPS) is 45.3. The van der Waals surface area contributed by atoms with Crippen LogP contribution in [0.3, 0.4) is 0 Å². The number of hydrogen-bond donors (Lipinski definition) is 1. The lowest BCUT2D eigenvalue weighted by Crippen LogP contribution is -2.56. The van der Waals surface area contributed by atoms with Gasteiger partial charge in [-0.25, -0.2) is 0 Å². The van der Waals surface area contributed by atoms with Crippen molar-refractivity contribution in [1.82, 2.24) is 9.03 Å². The van der Waals surface area contributed by atoms with Crippen LogP contribution in [0, 0.1) is 16.7 Å². The van der Waals surface area contributed by atoms with E-state index in [-0.39, 0.29) is 29.1 Å². The quantitative estimate of drug-likeness (QED) is 0.862. The van der Waals surface area contributed by atoms with Crippen molar-refractivity contribution in [3.05, 3.63) is 0 Å². The molecule has 1 saturated heterocycles. The SMILES string of the molecule is C[C@@H]1CN(S(=O)(=O)N[C@H]2C[C@H]3CC[C@@]2(C)C3(C)C)C[C@@H](C)O1. The summed E-state index contributed by atoms with van der Waals surface area (Å²) in [5.74, 6) is 0.632. The van der Waals surface area contributed by atoms with E-state index in [0.717, 1.165) is 12.8 Å². The fourth-order valence-electron chi connectivity index (χ4n) is 4.96. The van der Waals surface area contributed by atoms with E-state index in [9.17, 15) is 8.42 Å². The molecule has 2 bridgehead atoms. The Morgan fingerprint density at radius 2 is 1.73 bits per heavy atom. The van der Waals surface area contributed by atoms with Gasteiger partial charge in [-0.3, -0.25) is 0 Å². The molecule has 3 fully saturated rings. The number of rotatable bonds is 3. The highest BCUT2D eigenvalue weighted by molar-refractivity contribution is 7.87. The van der Waals surface area contributed by atoms with Gasteiger partial charge in [0.1, 0.15) is 0 Å². The van der Waals surface area contributed by atoms with Crippen LogP contribution in [0.4, 0.5) is 0 Å². The lowest BCUT2D eigenvalue weighted by Gasteiger charge is -2.41. The number of ether oxygens (including phenoxy) is 1. The van der Waals surface area contributed by atoms with Crippen LogP contribution in [0.1, 0.15) is 53.9 Å². The summed E-state index contributed by atoms with van der Waals surface area (Å²) < 4.78 is 35.9. The molecule has 2 aliphatic carbocycles. The zero-order valence-electron chi connectivity index (χ0n) is 14.4. The molecular formula is C16H30N2O3S. The van der Waals surface area contributed by atoms with E-state index in [1.807, 2.05) is 13.8 Å². The van der Waals surface area contributed by atoms with Crippen molar-refractivity contribution in [2.45, 2.75) is 72.1 Å².